The van der Waals surface area contributed by atoms with Crippen LogP contribution in [0.1, 0.15) is 66.7 Å². The molecule has 4 atom stereocenters. The van der Waals surface area contributed by atoms with Crippen LogP contribution in [0.25, 0.3) is 0 Å². The lowest BCUT2D eigenvalue weighted by Crippen LogP contribution is -2.44. The highest BCUT2D eigenvalue weighted by Crippen LogP contribution is 2.35. The molecule has 1 saturated heterocycles. The highest BCUT2D eigenvalue weighted by atomic mass is 16.5. The lowest BCUT2D eigenvalue weighted by Gasteiger charge is -2.36. The Hall–Kier alpha value is -1.67. The number of aliphatic hydroxyl groups excluding tert-OH is 1. The van der Waals surface area contributed by atoms with E-state index in [2.05, 4.69) is 5.32 Å². The van der Waals surface area contributed by atoms with Crippen LogP contribution in [0.15, 0.2) is 0 Å². The molecule has 1 heterocycles. The zero-order valence-electron chi connectivity index (χ0n) is 18.5. The molecule has 0 aliphatic carbocycles. The Balaban J connectivity index is 2.88. The van der Waals surface area contributed by atoms with E-state index < -0.39 is 29.6 Å². The number of hydrogen-bond donors (Lipinski definition) is 2. The summed E-state index contributed by atoms with van der Waals surface area (Å²) in [7, 11) is 0. The van der Waals surface area contributed by atoms with E-state index in [4.69, 9.17) is 9.47 Å². The molecule has 0 saturated carbocycles. The van der Waals surface area contributed by atoms with Gasteiger partial charge in [0.05, 0.1) is 5.41 Å². The van der Waals surface area contributed by atoms with E-state index in [0.717, 1.165) is 6.42 Å². The van der Waals surface area contributed by atoms with Crippen molar-refractivity contribution < 1.29 is 29.0 Å². The predicted molar refractivity (Wildman–Crippen MR) is 109 cm³/mol. The van der Waals surface area contributed by atoms with Crippen LogP contribution in [0.4, 0.5) is 0 Å². The summed E-state index contributed by atoms with van der Waals surface area (Å²) in [6.07, 6.45) is 1.42. The SMILES string of the molecule is CCNCC(O)COC(=O)C(C)(CC(CC)OC(C)=O)CC(C)N1CCCC1=O. The Morgan fingerprint density at radius 2 is 2.00 bits per heavy atom. The van der Waals surface area contributed by atoms with E-state index in [9.17, 15) is 19.5 Å². The molecule has 8 nitrogen and oxygen atoms in total. The molecule has 29 heavy (non-hydrogen) atoms. The van der Waals surface area contributed by atoms with Crippen molar-refractivity contribution in [3.63, 3.8) is 0 Å². The third-order valence-electron chi connectivity index (χ3n) is 5.38. The fourth-order valence-corrected chi connectivity index (χ4v) is 3.87. The van der Waals surface area contributed by atoms with Crippen LogP contribution in [-0.2, 0) is 23.9 Å². The Bertz CT molecular complexity index is 555. The van der Waals surface area contributed by atoms with E-state index in [1.54, 1.807) is 11.8 Å². The highest BCUT2D eigenvalue weighted by Gasteiger charge is 2.41. The minimum atomic E-state index is -0.948. The molecule has 168 valence electrons. The molecule has 1 aliphatic rings. The van der Waals surface area contributed by atoms with Gasteiger partial charge in [-0.15, -0.1) is 0 Å². The Labute approximate surface area is 174 Å². The quantitative estimate of drug-likeness (QED) is 0.441. The summed E-state index contributed by atoms with van der Waals surface area (Å²) in [5.41, 5.74) is -0.948. The van der Waals surface area contributed by atoms with Gasteiger partial charge in [0, 0.05) is 38.9 Å². The predicted octanol–water partition coefficient (Wildman–Crippen LogP) is 1.64. The largest absolute Gasteiger partial charge is 0.463 e. The van der Waals surface area contributed by atoms with Crippen molar-refractivity contribution in [1.29, 1.82) is 0 Å². The summed E-state index contributed by atoms with van der Waals surface area (Å²) in [4.78, 5) is 38.4. The summed E-state index contributed by atoms with van der Waals surface area (Å²) >= 11 is 0. The first-order valence-corrected chi connectivity index (χ1v) is 10.7. The molecular formula is C21H38N2O6. The lowest BCUT2D eigenvalue weighted by molar-refractivity contribution is -0.165. The zero-order valence-corrected chi connectivity index (χ0v) is 18.5. The molecule has 0 radical (unpaired) electrons. The van der Waals surface area contributed by atoms with Crippen LogP contribution in [0.5, 0.6) is 0 Å². The first-order chi connectivity index (χ1) is 13.6. The second kappa shape index (κ2) is 12.1. The number of aliphatic hydroxyl groups is 1. The number of esters is 2. The molecule has 1 fully saturated rings. The second-order valence-corrected chi connectivity index (χ2v) is 8.21. The first kappa shape index (κ1) is 25.4. The van der Waals surface area contributed by atoms with Gasteiger partial charge in [-0.2, -0.15) is 0 Å². The summed E-state index contributed by atoms with van der Waals surface area (Å²) in [6, 6.07) is -0.135. The van der Waals surface area contributed by atoms with E-state index in [1.807, 2.05) is 20.8 Å². The van der Waals surface area contributed by atoms with Crippen molar-refractivity contribution in [2.45, 2.75) is 85.0 Å². The lowest BCUT2D eigenvalue weighted by atomic mass is 9.78. The Kier molecular flexibility index (Phi) is 10.6. The number of ether oxygens (including phenoxy) is 2. The Morgan fingerprint density at radius 3 is 2.52 bits per heavy atom. The molecule has 0 spiro atoms. The molecule has 1 amide bonds. The summed E-state index contributed by atoms with van der Waals surface area (Å²) in [6.45, 7) is 10.5. The molecule has 2 N–H and O–H groups in total. The van der Waals surface area contributed by atoms with E-state index >= 15 is 0 Å². The molecule has 0 aromatic heterocycles. The van der Waals surface area contributed by atoms with Crippen molar-refractivity contribution in [3.05, 3.63) is 0 Å². The number of rotatable bonds is 13. The maximum absolute atomic E-state index is 13.0. The molecule has 1 aliphatic heterocycles. The monoisotopic (exact) mass is 414 g/mol. The number of amides is 1. The van der Waals surface area contributed by atoms with Crippen molar-refractivity contribution in [2.75, 3.05) is 26.2 Å². The van der Waals surface area contributed by atoms with Gasteiger partial charge in [-0.1, -0.05) is 13.8 Å². The van der Waals surface area contributed by atoms with Crippen molar-refractivity contribution in [2.24, 2.45) is 5.41 Å². The number of nitrogens with zero attached hydrogens (tertiary/aromatic N) is 1. The number of likely N-dealkylation sites (tertiary alicyclic amines) is 1. The van der Waals surface area contributed by atoms with Crippen LogP contribution < -0.4 is 5.32 Å². The van der Waals surface area contributed by atoms with E-state index in [-0.39, 0.29) is 18.6 Å². The van der Waals surface area contributed by atoms with Gasteiger partial charge in [0.1, 0.15) is 18.8 Å². The maximum Gasteiger partial charge on any atom is 0.312 e. The van der Waals surface area contributed by atoms with Crippen LogP contribution in [0.2, 0.25) is 0 Å². The van der Waals surface area contributed by atoms with E-state index in [0.29, 0.717) is 45.3 Å². The van der Waals surface area contributed by atoms with Crippen molar-refractivity contribution in [1.82, 2.24) is 10.2 Å². The van der Waals surface area contributed by atoms with Crippen molar-refractivity contribution in [3.8, 4) is 0 Å². The maximum atomic E-state index is 13.0. The molecule has 4 unspecified atom stereocenters. The van der Waals surface area contributed by atoms with Gasteiger partial charge < -0.3 is 24.8 Å². The number of likely N-dealkylation sites (N-methyl/N-ethyl adjacent to an activating group) is 1. The number of nitrogens with one attached hydrogen (secondary N) is 1. The van der Waals surface area contributed by atoms with Gasteiger partial charge in [0.25, 0.3) is 0 Å². The fraction of sp³-hybridized carbons (Fsp3) is 0.857. The van der Waals surface area contributed by atoms with Crippen LogP contribution in [0, 0.1) is 5.41 Å². The minimum Gasteiger partial charge on any atom is -0.463 e. The Morgan fingerprint density at radius 1 is 1.31 bits per heavy atom. The second-order valence-electron chi connectivity index (χ2n) is 8.21. The molecule has 0 aromatic rings. The van der Waals surface area contributed by atoms with Gasteiger partial charge in [0.15, 0.2) is 0 Å². The smallest absolute Gasteiger partial charge is 0.312 e. The normalized spacial score (nSPS) is 19.4. The summed E-state index contributed by atoms with van der Waals surface area (Å²) < 4.78 is 10.8. The van der Waals surface area contributed by atoms with Gasteiger partial charge in [-0.05, 0) is 39.7 Å². The van der Waals surface area contributed by atoms with Gasteiger partial charge in [-0.25, -0.2) is 0 Å². The summed E-state index contributed by atoms with van der Waals surface area (Å²) in [5.74, 6) is -0.741. The molecular weight excluding hydrogens is 376 g/mol. The minimum absolute atomic E-state index is 0.0984. The third kappa shape index (κ3) is 8.30. The fourth-order valence-electron chi connectivity index (χ4n) is 3.87. The molecule has 0 bridgehead atoms. The van der Waals surface area contributed by atoms with Crippen LogP contribution in [-0.4, -0.2) is 72.3 Å². The topological polar surface area (TPSA) is 105 Å². The average molecular weight is 415 g/mol. The number of carbonyl (C=O) groups excluding carboxylic acids is 3. The third-order valence-corrected chi connectivity index (χ3v) is 5.38. The van der Waals surface area contributed by atoms with E-state index in [1.165, 1.54) is 6.92 Å². The van der Waals surface area contributed by atoms with Crippen LogP contribution in [0.3, 0.4) is 0 Å². The highest BCUT2D eigenvalue weighted by molar-refractivity contribution is 5.79. The van der Waals surface area contributed by atoms with Gasteiger partial charge >= 0.3 is 11.9 Å². The van der Waals surface area contributed by atoms with Crippen molar-refractivity contribution >= 4 is 17.8 Å². The van der Waals surface area contributed by atoms with Crippen LogP contribution >= 0.6 is 0 Å². The molecule has 0 aromatic carbocycles. The zero-order chi connectivity index (χ0) is 22.0. The standard InChI is InChI=1S/C21H38N2O6/c1-6-18(29-16(4)24)12-21(5,11-15(3)23-10-8-9-19(23)26)20(27)28-14-17(25)13-22-7-2/h15,17-18,22,25H,6-14H2,1-5H3. The van der Waals surface area contributed by atoms with Gasteiger partial charge in [-0.3, -0.25) is 14.4 Å². The molecule has 8 heteroatoms. The molecule has 1 rings (SSSR count). The summed E-state index contributed by atoms with van der Waals surface area (Å²) in [5, 5.41) is 13.0. The number of hydrogen-bond acceptors (Lipinski definition) is 7. The average Bonchev–Trinajstić information content (AvgIpc) is 3.09. The van der Waals surface area contributed by atoms with Gasteiger partial charge in [0.2, 0.25) is 5.91 Å². The number of carbonyl (C=O) groups is 3. The first-order valence-electron chi connectivity index (χ1n) is 10.7.